The van der Waals surface area contributed by atoms with Crippen molar-refractivity contribution < 1.29 is 13.9 Å². The van der Waals surface area contributed by atoms with E-state index in [0.717, 1.165) is 35.7 Å². The third-order valence-electron chi connectivity index (χ3n) is 3.50. The predicted octanol–water partition coefficient (Wildman–Crippen LogP) is 3.14. The van der Waals surface area contributed by atoms with E-state index in [1.807, 2.05) is 26.8 Å². The van der Waals surface area contributed by atoms with Crippen molar-refractivity contribution in [1.82, 2.24) is 5.32 Å². The van der Waals surface area contributed by atoms with Gasteiger partial charge in [-0.2, -0.15) is 0 Å². The maximum atomic E-state index is 12.2. The third kappa shape index (κ3) is 4.03. The number of thioether (sulfide) groups is 1. The number of esters is 1. The first-order chi connectivity index (χ1) is 9.55. The topological polar surface area (TPSA) is 51.5 Å². The normalized spacial score (nSPS) is 17.8. The number of hydrogen-bond acceptors (Lipinski definition) is 5. The fourth-order valence-electron chi connectivity index (χ4n) is 2.09. The Labute approximate surface area is 124 Å². The highest BCUT2D eigenvalue weighted by Crippen LogP contribution is 2.29. The summed E-state index contributed by atoms with van der Waals surface area (Å²) in [5, 5.41) is 3.44. The van der Waals surface area contributed by atoms with Gasteiger partial charge in [0.15, 0.2) is 0 Å². The van der Waals surface area contributed by atoms with Gasteiger partial charge in [0.05, 0.1) is 12.9 Å². The molecule has 0 saturated heterocycles. The van der Waals surface area contributed by atoms with E-state index in [1.54, 1.807) is 18.0 Å². The van der Waals surface area contributed by atoms with Gasteiger partial charge in [0.2, 0.25) is 0 Å². The molecule has 0 amide bonds. The minimum atomic E-state index is -0.582. The fraction of sp³-hybridized carbons (Fsp3) is 0.667. The second-order valence-electron chi connectivity index (χ2n) is 5.41. The zero-order valence-corrected chi connectivity index (χ0v) is 13.2. The van der Waals surface area contributed by atoms with Crippen LogP contribution in [0.2, 0.25) is 0 Å². The number of aryl methyl sites for hydroxylation is 1. The van der Waals surface area contributed by atoms with Crippen molar-refractivity contribution in [1.29, 1.82) is 0 Å². The van der Waals surface area contributed by atoms with E-state index in [-0.39, 0.29) is 5.97 Å². The Hall–Kier alpha value is -0.940. The highest BCUT2D eigenvalue weighted by atomic mass is 32.2. The van der Waals surface area contributed by atoms with Gasteiger partial charge in [-0.25, -0.2) is 0 Å². The zero-order chi connectivity index (χ0) is 14.6. The molecule has 4 nitrogen and oxygen atoms in total. The zero-order valence-electron chi connectivity index (χ0n) is 12.4. The largest absolute Gasteiger partial charge is 0.468 e. The van der Waals surface area contributed by atoms with E-state index in [1.165, 1.54) is 0 Å². The number of hydrogen-bond donors (Lipinski definition) is 1. The molecule has 1 saturated carbocycles. The van der Waals surface area contributed by atoms with E-state index < -0.39 is 5.54 Å². The maximum Gasteiger partial charge on any atom is 0.326 e. The third-order valence-corrected chi connectivity index (χ3v) is 4.64. The van der Waals surface area contributed by atoms with Crippen molar-refractivity contribution in [3.05, 3.63) is 18.1 Å². The van der Waals surface area contributed by atoms with Gasteiger partial charge in [-0.05, 0) is 46.1 Å². The molecule has 0 spiro atoms. The van der Waals surface area contributed by atoms with Gasteiger partial charge in [0.1, 0.15) is 11.3 Å². The molecular formula is C15H23NO3S. The molecule has 1 aliphatic carbocycles. The number of furan rings is 1. The van der Waals surface area contributed by atoms with Crippen molar-refractivity contribution >= 4 is 17.7 Å². The number of rotatable bonds is 8. The van der Waals surface area contributed by atoms with Crippen LogP contribution in [0.4, 0.5) is 0 Å². The average molecular weight is 297 g/mol. The van der Waals surface area contributed by atoms with Crippen LogP contribution < -0.4 is 5.32 Å². The summed E-state index contributed by atoms with van der Waals surface area (Å²) in [6, 6.07) is 2.45. The fourth-order valence-corrected chi connectivity index (χ4v) is 3.22. The van der Waals surface area contributed by atoms with Crippen LogP contribution in [0.25, 0.3) is 0 Å². The molecule has 2 rings (SSSR count). The molecular weight excluding hydrogens is 274 g/mol. The van der Waals surface area contributed by atoms with Gasteiger partial charge in [0, 0.05) is 16.7 Å². The van der Waals surface area contributed by atoms with Gasteiger partial charge in [0.25, 0.3) is 0 Å². The molecule has 1 aromatic heterocycles. The standard InChI is InChI=1S/C15H23NO3S/c1-4-18-14(17)15(3,16-12-5-6-12)8-10-20-13-7-9-19-11(13)2/h7,9,12,16H,4-6,8,10H2,1-3H3. The average Bonchev–Trinajstić information content (AvgIpc) is 3.12. The predicted molar refractivity (Wildman–Crippen MR) is 80.0 cm³/mol. The minimum Gasteiger partial charge on any atom is -0.468 e. The van der Waals surface area contributed by atoms with Crippen molar-refractivity contribution in [2.75, 3.05) is 12.4 Å². The van der Waals surface area contributed by atoms with Gasteiger partial charge in [-0.1, -0.05) is 0 Å². The minimum absolute atomic E-state index is 0.142. The Bertz CT molecular complexity index is 456. The van der Waals surface area contributed by atoms with Crippen LogP contribution in [0, 0.1) is 6.92 Å². The Morgan fingerprint density at radius 3 is 2.90 bits per heavy atom. The summed E-state index contributed by atoms with van der Waals surface area (Å²) in [4.78, 5) is 13.3. The van der Waals surface area contributed by atoms with Crippen LogP contribution in [0.1, 0.15) is 38.9 Å². The summed E-state index contributed by atoms with van der Waals surface area (Å²) in [5.74, 6) is 1.65. The van der Waals surface area contributed by atoms with Crippen LogP contribution >= 0.6 is 11.8 Å². The molecule has 0 aliphatic heterocycles. The Morgan fingerprint density at radius 2 is 2.35 bits per heavy atom. The second-order valence-corrected chi connectivity index (χ2v) is 6.55. The van der Waals surface area contributed by atoms with Crippen LogP contribution in [0.5, 0.6) is 0 Å². The summed E-state index contributed by atoms with van der Waals surface area (Å²) in [7, 11) is 0. The van der Waals surface area contributed by atoms with Gasteiger partial charge in [-0.15, -0.1) is 11.8 Å². The number of carbonyl (C=O) groups excluding carboxylic acids is 1. The lowest BCUT2D eigenvalue weighted by Crippen LogP contribution is -2.51. The number of carbonyl (C=O) groups is 1. The van der Waals surface area contributed by atoms with E-state index in [2.05, 4.69) is 5.32 Å². The molecule has 1 atom stereocenters. The highest BCUT2D eigenvalue weighted by molar-refractivity contribution is 7.99. The quantitative estimate of drug-likeness (QED) is 0.590. The number of ether oxygens (including phenoxy) is 1. The summed E-state index contributed by atoms with van der Waals surface area (Å²) in [6.45, 7) is 6.18. The molecule has 5 heteroatoms. The van der Waals surface area contributed by atoms with Crippen LogP contribution in [-0.2, 0) is 9.53 Å². The van der Waals surface area contributed by atoms with Gasteiger partial charge < -0.3 is 9.15 Å². The van der Waals surface area contributed by atoms with E-state index in [9.17, 15) is 4.79 Å². The molecule has 1 heterocycles. The lowest BCUT2D eigenvalue weighted by Gasteiger charge is -2.28. The monoisotopic (exact) mass is 297 g/mol. The Balaban J connectivity index is 1.89. The van der Waals surface area contributed by atoms with Crippen molar-refractivity contribution in [3.63, 3.8) is 0 Å². The summed E-state index contributed by atoms with van der Waals surface area (Å²) >= 11 is 1.72. The second kappa shape index (κ2) is 6.68. The van der Waals surface area contributed by atoms with Crippen molar-refractivity contribution in [3.8, 4) is 0 Å². The van der Waals surface area contributed by atoms with Gasteiger partial charge >= 0.3 is 5.97 Å². The molecule has 1 unspecified atom stereocenters. The van der Waals surface area contributed by atoms with Crippen LogP contribution in [0.15, 0.2) is 21.6 Å². The first-order valence-electron chi connectivity index (χ1n) is 7.17. The van der Waals surface area contributed by atoms with E-state index in [0.29, 0.717) is 12.6 Å². The Kier molecular flexibility index (Phi) is 5.16. The maximum absolute atomic E-state index is 12.2. The molecule has 1 fully saturated rings. The SMILES string of the molecule is CCOC(=O)C(C)(CCSc1ccoc1C)NC1CC1. The molecule has 1 aliphatic rings. The van der Waals surface area contributed by atoms with Crippen molar-refractivity contribution in [2.45, 2.75) is 56.5 Å². The number of nitrogens with one attached hydrogen (secondary N) is 1. The molecule has 1 aromatic rings. The Morgan fingerprint density at radius 1 is 1.60 bits per heavy atom. The molecule has 20 heavy (non-hydrogen) atoms. The van der Waals surface area contributed by atoms with E-state index >= 15 is 0 Å². The lowest BCUT2D eigenvalue weighted by molar-refractivity contribution is -0.150. The first-order valence-corrected chi connectivity index (χ1v) is 8.15. The molecule has 1 N–H and O–H groups in total. The summed E-state index contributed by atoms with van der Waals surface area (Å²) in [6.07, 6.45) is 4.76. The molecule has 0 bridgehead atoms. The molecule has 112 valence electrons. The smallest absolute Gasteiger partial charge is 0.326 e. The molecule has 0 aromatic carbocycles. The highest BCUT2D eigenvalue weighted by Gasteiger charge is 2.39. The lowest BCUT2D eigenvalue weighted by atomic mass is 9.99. The van der Waals surface area contributed by atoms with Gasteiger partial charge in [-0.3, -0.25) is 10.1 Å². The van der Waals surface area contributed by atoms with Crippen LogP contribution in [0.3, 0.4) is 0 Å². The first kappa shape index (κ1) is 15.4. The summed E-state index contributed by atoms with van der Waals surface area (Å²) < 4.78 is 10.5. The summed E-state index contributed by atoms with van der Waals surface area (Å²) in [5.41, 5.74) is -0.582. The molecule has 0 radical (unpaired) electrons. The van der Waals surface area contributed by atoms with Crippen molar-refractivity contribution in [2.24, 2.45) is 0 Å². The van der Waals surface area contributed by atoms with E-state index in [4.69, 9.17) is 9.15 Å². The van der Waals surface area contributed by atoms with Crippen LogP contribution in [-0.4, -0.2) is 29.9 Å².